The molecule has 2 rings (SSSR count). The lowest BCUT2D eigenvalue weighted by Gasteiger charge is -2.01. The summed E-state index contributed by atoms with van der Waals surface area (Å²) in [5.41, 5.74) is 0.447. The van der Waals surface area contributed by atoms with Crippen LogP contribution in [-0.2, 0) is 0 Å². The van der Waals surface area contributed by atoms with Crippen LogP contribution < -0.4 is 0 Å². The molecular formula is C11H5BrFNO. The Morgan fingerprint density at radius 1 is 1.33 bits per heavy atom. The molecule has 15 heavy (non-hydrogen) atoms. The third-order valence-electron chi connectivity index (χ3n) is 1.99. The molecule has 0 N–H and O–H groups in total. The Hall–Kier alpha value is -1.60. The van der Waals surface area contributed by atoms with Crippen molar-refractivity contribution in [3.8, 4) is 17.4 Å². The van der Waals surface area contributed by atoms with E-state index < -0.39 is 5.82 Å². The Bertz CT molecular complexity index is 542. The standard InChI is InChI=1S/C11H5BrFNO/c12-9-4-5-15-11(9)7-2-1-3-10(13)8(7)6-14/h1-5H. The zero-order chi connectivity index (χ0) is 10.8. The number of benzene rings is 1. The van der Waals surface area contributed by atoms with Gasteiger partial charge < -0.3 is 4.42 Å². The third-order valence-corrected chi connectivity index (χ3v) is 2.61. The quantitative estimate of drug-likeness (QED) is 0.788. The van der Waals surface area contributed by atoms with Crippen molar-refractivity contribution in [2.75, 3.05) is 0 Å². The fourth-order valence-corrected chi connectivity index (χ4v) is 1.73. The van der Waals surface area contributed by atoms with Crippen LogP contribution in [0.5, 0.6) is 0 Å². The molecule has 0 saturated heterocycles. The van der Waals surface area contributed by atoms with Gasteiger partial charge in [0.25, 0.3) is 0 Å². The molecule has 0 spiro atoms. The number of nitriles is 1. The molecule has 0 saturated carbocycles. The number of rotatable bonds is 1. The van der Waals surface area contributed by atoms with Gasteiger partial charge >= 0.3 is 0 Å². The average Bonchev–Trinajstić information content (AvgIpc) is 2.64. The highest BCUT2D eigenvalue weighted by atomic mass is 79.9. The molecule has 1 heterocycles. The lowest BCUT2D eigenvalue weighted by atomic mass is 10.1. The number of furan rings is 1. The van der Waals surface area contributed by atoms with Crippen molar-refractivity contribution in [1.29, 1.82) is 5.26 Å². The van der Waals surface area contributed by atoms with Gasteiger partial charge in [0.05, 0.1) is 16.3 Å². The second kappa shape index (κ2) is 3.87. The van der Waals surface area contributed by atoms with Gasteiger partial charge in [-0.1, -0.05) is 6.07 Å². The monoisotopic (exact) mass is 265 g/mol. The first kappa shape index (κ1) is 9.94. The van der Waals surface area contributed by atoms with Crippen LogP contribution in [0.1, 0.15) is 5.56 Å². The van der Waals surface area contributed by atoms with E-state index >= 15 is 0 Å². The summed E-state index contributed by atoms with van der Waals surface area (Å²) < 4.78 is 19.2. The van der Waals surface area contributed by atoms with Gasteiger partial charge in [0.1, 0.15) is 17.6 Å². The van der Waals surface area contributed by atoms with Gasteiger partial charge in [-0.25, -0.2) is 4.39 Å². The molecule has 0 bridgehead atoms. The number of hydrogen-bond donors (Lipinski definition) is 0. The van der Waals surface area contributed by atoms with Gasteiger partial charge in [-0.3, -0.25) is 0 Å². The Morgan fingerprint density at radius 3 is 2.73 bits per heavy atom. The predicted octanol–water partition coefficient (Wildman–Crippen LogP) is 3.72. The van der Waals surface area contributed by atoms with Crippen molar-refractivity contribution in [2.45, 2.75) is 0 Å². The van der Waals surface area contributed by atoms with E-state index in [1.807, 2.05) is 6.07 Å². The zero-order valence-electron chi connectivity index (χ0n) is 7.50. The van der Waals surface area contributed by atoms with Crippen LogP contribution in [-0.4, -0.2) is 0 Å². The van der Waals surface area contributed by atoms with Gasteiger partial charge in [0, 0.05) is 5.56 Å². The van der Waals surface area contributed by atoms with Crippen LogP contribution >= 0.6 is 15.9 Å². The first-order valence-corrected chi connectivity index (χ1v) is 4.95. The maximum absolute atomic E-state index is 13.3. The largest absolute Gasteiger partial charge is 0.463 e. The molecule has 0 radical (unpaired) electrons. The van der Waals surface area contributed by atoms with E-state index in [0.717, 1.165) is 0 Å². The zero-order valence-corrected chi connectivity index (χ0v) is 9.08. The van der Waals surface area contributed by atoms with Crippen molar-refractivity contribution in [3.63, 3.8) is 0 Å². The van der Waals surface area contributed by atoms with Crippen molar-refractivity contribution < 1.29 is 8.81 Å². The minimum absolute atomic E-state index is 0.00634. The third kappa shape index (κ3) is 1.66. The van der Waals surface area contributed by atoms with Crippen LogP contribution in [0.3, 0.4) is 0 Å². The van der Waals surface area contributed by atoms with Crippen LogP contribution in [0, 0.1) is 17.1 Å². The SMILES string of the molecule is N#Cc1c(F)cccc1-c1occc1Br. The highest BCUT2D eigenvalue weighted by Crippen LogP contribution is 2.32. The molecule has 0 aliphatic carbocycles. The summed E-state index contributed by atoms with van der Waals surface area (Å²) in [5.74, 6) is -0.0793. The summed E-state index contributed by atoms with van der Waals surface area (Å²) in [6, 6.07) is 7.95. The van der Waals surface area contributed by atoms with Crippen LogP contribution in [0.25, 0.3) is 11.3 Å². The molecule has 4 heteroatoms. The minimum Gasteiger partial charge on any atom is -0.463 e. The maximum atomic E-state index is 13.3. The Balaban J connectivity index is 2.70. The first-order valence-electron chi connectivity index (χ1n) is 4.16. The Morgan fingerprint density at radius 2 is 2.13 bits per heavy atom. The summed E-state index contributed by atoms with van der Waals surface area (Å²) in [5, 5.41) is 8.84. The molecule has 2 nitrogen and oxygen atoms in total. The first-order chi connectivity index (χ1) is 7.24. The highest BCUT2D eigenvalue weighted by Gasteiger charge is 2.14. The van der Waals surface area contributed by atoms with Crippen molar-refractivity contribution in [2.24, 2.45) is 0 Å². The summed E-state index contributed by atoms with van der Waals surface area (Å²) in [7, 11) is 0. The van der Waals surface area contributed by atoms with Crippen LogP contribution in [0.2, 0.25) is 0 Å². The predicted molar refractivity (Wildman–Crippen MR) is 56.5 cm³/mol. The lowest BCUT2D eigenvalue weighted by molar-refractivity contribution is 0.578. The van der Waals surface area contributed by atoms with Gasteiger partial charge in [-0.2, -0.15) is 5.26 Å². The van der Waals surface area contributed by atoms with Crippen LogP contribution in [0.15, 0.2) is 39.4 Å². The molecule has 0 fully saturated rings. The van der Waals surface area contributed by atoms with E-state index in [9.17, 15) is 4.39 Å². The number of halogens is 2. The smallest absolute Gasteiger partial charge is 0.149 e. The molecular weight excluding hydrogens is 261 g/mol. The maximum Gasteiger partial charge on any atom is 0.149 e. The van der Waals surface area contributed by atoms with Gasteiger partial charge in [0.2, 0.25) is 0 Å². The average molecular weight is 266 g/mol. The summed E-state index contributed by atoms with van der Waals surface area (Å²) >= 11 is 3.27. The van der Waals surface area contributed by atoms with Gasteiger partial charge in [0.15, 0.2) is 0 Å². The van der Waals surface area contributed by atoms with E-state index in [1.165, 1.54) is 12.3 Å². The molecule has 0 aliphatic rings. The summed E-state index contributed by atoms with van der Waals surface area (Å²) in [6.07, 6.45) is 1.48. The van der Waals surface area contributed by atoms with E-state index in [0.29, 0.717) is 15.8 Å². The molecule has 2 aromatic rings. The van der Waals surface area contributed by atoms with Crippen molar-refractivity contribution in [3.05, 3.63) is 46.4 Å². The molecule has 1 aromatic heterocycles. The normalized spacial score (nSPS) is 9.93. The summed E-state index contributed by atoms with van der Waals surface area (Å²) in [6.45, 7) is 0. The lowest BCUT2D eigenvalue weighted by Crippen LogP contribution is -1.88. The summed E-state index contributed by atoms with van der Waals surface area (Å²) in [4.78, 5) is 0. The molecule has 0 unspecified atom stereocenters. The second-order valence-corrected chi connectivity index (χ2v) is 3.73. The number of hydrogen-bond acceptors (Lipinski definition) is 2. The van der Waals surface area contributed by atoms with Gasteiger partial charge in [-0.05, 0) is 34.1 Å². The fourth-order valence-electron chi connectivity index (χ4n) is 1.31. The molecule has 0 aliphatic heterocycles. The van der Waals surface area contributed by atoms with E-state index in [1.54, 1.807) is 18.2 Å². The fraction of sp³-hybridized carbons (Fsp3) is 0. The molecule has 0 amide bonds. The van der Waals surface area contributed by atoms with E-state index in [2.05, 4.69) is 15.9 Å². The topological polar surface area (TPSA) is 36.9 Å². The molecule has 0 atom stereocenters. The highest BCUT2D eigenvalue weighted by molar-refractivity contribution is 9.10. The van der Waals surface area contributed by atoms with E-state index in [-0.39, 0.29) is 5.56 Å². The second-order valence-electron chi connectivity index (χ2n) is 2.87. The Kier molecular flexibility index (Phi) is 2.57. The molecule has 1 aromatic carbocycles. The minimum atomic E-state index is -0.543. The van der Waals surface area contributed by atoms with Crippen molar-refractivity contribution in [1.82, 2.24) is 0 Å². The van der Waals surface area contributed by atoms with E-state index in [4.69, 9.17) is 9.68 Å². The Labute approximate surface area is 94.1 Å². The van der Waals surface area contributed by atoms with Crippen molar-refractivity contribution >= 4 is 15.9 Å². The molecule has 74 valence electrons. The number of nitrogens with zero attached hydrogens (tertiary/aromatic N) is 1. The van der Waals surface area contributed by atoms with Gasteiger partial charge in [-0.15, -0.1) is 0 Å². The van der Waals surface area contributed by atoms with Crippen LogP contribution in [0.4, 0.5) is 4.39 Å².